The van der Waals surface area contributed by atoms with Gasteiger partial charge in [0.1, 0.15) is 5.01 Å². The summed E-state index contributed by atoms with van der Waals surface area (Å²) in [6.07, 6.45) is 0.749. The van der Waals surface area contributed by atoms with Crippen molar-refractivity contribution in [1.29, 1.82) is 0 Å². The van der Waals surface area contributed by atoms with E-state index in [1.165, 1.54) is 11.1 Å². The van der Waals surface area contributed by atoms with Crippen LogP contribution in [0.4, 0.5) is 0 Å². The highest BCUT2D eigenvalue weighted by atomic mass is 32.1. The van der Waals surface area contributed by atoms with Gasteiger partial charge in [0.15, 0.2) is 0 Å². The zero-order valence-electron chi connectivity index (χ0n) is 11.3. The van der Waals surface area contributed by atoms with Gasteiger partial charge in [0.05, 0.1) is 12.6 Å². The van der Waals surface area contributed by atoms with E-state index in [9.17, 15) is 4.79 Å². The van der Waals surface area contributed by atoms with Gasteiger partial charge in [-0.25, -0.2) is 4.98 Å². The van der Waals surface area contributed by atoms with E-state index in [1.54, 1.807) is 11.3 Å². The van der Waals surface area contributed by atoms with Gasteiger partial charge in [-0.3, -0.25) is 4.79 Å². The van der Waals surface area contributed by atoms with Gasteiger partial charge in [0.25, 0.3) is 0 Å². The lowest BCUT2D eigenvalue weighted by Crippen LogP contribution is -2.47. The number of hydrogen-bond donors (Lipinski definition) is 2. The summed E-state index contributed by atoms with van der Waals surface area (Å²) in [4.78, 5) is 16.5. The molecule has 4 nitrogen and oxygen atoms in total. The normalized spacial score (nSPS) is 17.6. The summed E-state index contributed by atoms with van der Waals surface area (Å²) >= 11 is 1.58. The van der Waals surface area contributed by atoms with E-state index in [0.717, 1.165) is 23.7 Å². The first-order valence-corrected chi connectivity index (χ1v) is 7.59. The molecule has 0 fully saturated rings. The Morgan fingerprint density at radius 1 is 1.45 bits per heavy atom. The van der Waals surface area contributed by atoms with E-state index < -0.39 is 0 Å². The molecular formula is C15H17N3OS. The number of rotatable bonds is 3. The fraction of sp³-hybridized carbons (Fsp3) is 0.333. The Bertz CT molecular complexity index is 623. The topological polar surface area (TPSA) is 54.0 Å². The third-order valence-corrected chi connectivity index (χ3v) is 4.44. The summed E-state index contributed by atoms with van der Waals surface area (Å²) in [5.41, 5.74) is 3.55. The predicted octanol–water partition coefficient (Wildman–Crippen LogP) is 1.78. The van der Waals surface area contributed by atoms with Crippen LogP contribution in [-0.4, -0.2) is 16.9 Å². The third-order valence-electron chi connectivity index (χ3n) is 3.48. The van der Waals surface area contributed by atoms with E-state index in [0.29, 0.717) is 6.54 Å². The van der Waals surface area contributed by atoms with Crippen molar-refractivity contribution >= 4 is 17.2 Å². The lowest BCUT2D eigenvalue weighted by atomic mass is 9.95. The molecule has 1 aromatic carbocycles. The van der Waals surface area contributed by atoms with Gasteiger partial charge in [0, 0.05) is 17.6 Å². The van der Waals surface area contributed by atoms with Crippen molar-refractivity contribution in [3.8, 4) is 0 Å². The highest BCUT2D eigenvalue weighted by Crippen LogP contribution is 2.16. The van der Waals surface area contributed by atoms with Crippen molar-refractivity contribution in [2.75, 3.05) is 0 Å². The summed E-state index contributed by atoms with van der Waals surface area (Å²) in [5.74, 6) is 0.0485. The molecule has 0 radical (unpaired) electrons. The SMILES string of the molecule is Cc1csc(CNC(=O)[C@@H]2Cc3ccccc3CN2)n1. The van der Waals surface area contributed by atoms with E-state index >= 15 is 0 Å². The molecule has 5 heteroatoms. The summed E-state index contributed by atoms with van der Waals surface area (Å²) in [6, 6.07) is 8.12. The molecule has 1 aliphatic heterocycles. The average molecular weight is 287 g/mol. The maximum Gasteiger partial charge on any atom is 0.237 e. The molecule has 1 aromatic heterocycles. The van der Waals surface area contributed by atoms with Crippen molar-refractivity contribution in [1.82, 2.24) is 15.6 Å². The fourth-order valence-corrected chi connectivity index (χ4v) is 3.12. The van der Waals surface area contributed by atoms with Gasteiger partial charge >= 0.3 is 0 Å². The molecule has 0 spiro atoms. The van der Waals surface area contributed by atoms with Gasteiger partial charge in [0.2, 0.25) is 5.91 Å². The number of aryl methyl sites for hydroxylation is 1. The van der Waals surface area contributed by atoms with Crippen LogP contribution in [0.25, 0.3) is 0 Å². The maximum atomic E-state index is 12.2. The van der Waals surface area contributed by atoms with Crippen LogP contribution in [0.2, 0.25) is 0 Å². The molecule has 0 aliphatic carbocycles. The Labute approximate surface area is 122 Å². The number of benzene rings is 1. The molecule has 0 saturated carbocycles. The standard InChI is InChI=1S/C15H17N3OS/c1-10-9-20-14(18-10)8-17-15(19)13-6-11-4-2-3-5-12(11)7-16-13/h2-5,9,13,16H,6-8H2,1H3,(H,17,19)/t13-/m0/s1. The Hall–Kier alpha value is -1.72. The monoisotopic (exact) mass is 287 g/mol. The van der Waals surface area contributed by atoms with Crippen molar-refractivity contribution in [2.24, 2.45) is 0 Å². The van der Waals surface area contributed by atoms with Crippen LogP contribution < -0.4 is 10.6 Å². The van der Waals surface area contributed by atoms with E-state index in [2.05, 4.69) is 27.8 Å². The number of amides is 1. The van der Waals surface area contributed by atoms with E-state index in [-0.39, 0.29) is 11.9 Å². The zero-order chi connectivity index (χ0) is 13.9. The molecule has 20 heavy (non-hydrogen) atoms. The quantitative estimate of drug-likeness (QED) is 0.905. The first kappa shape index (κ1) is 13.3. The predicted molar refractivity (Wildman–Crippen MR) is 79.5 cm³/mol. The van der Waals surface area contributed by atoms with Crippen LogP contribution in [0, 0.1) is 6.92 Å². The fourth-order valence-electron chi connectivity index (χ4n) is 2.41. The number of nitrogens with zero attached hydrogens (tertiary/aromatic N) is 1. The number of nitrogens with one attached hydrogen (secondary N) is 2. The second-order valence-corrected chi connectivity index (χ2v) is 5.95. The van der Waals surface area contributed by atoms with Crippen LogP contribution in [0.1, 0.15) is 21.8 Å². The zero-order valence-corrected chi connectivity index (χ0v) is 12.2. The van der Waals surface area contributed by atoms with Gasteiger partial charge in [-0.2, -0.15) is 0 Å². The molecule has 104 valence electrons. The molecule has 0 unspecified atom stereocenters. The largest absolute Gasteiger partial charge is 0.348 e. The second-order valence-electron chi connectivity index (χ2n) is 5.01. The van der Waals surface area contributed by atoms with Crippen molar-refractivity contribution < 1.29 is 4.79 Å². The number of aromatic nitrogens is 1. The molecule has 2 aromatic rings. The number of carbonyl (C=O) groups is 1. The highest BCUT2D eigenvalue weighted by Gasteiger charge is 2.23. The smallest absolute Gasteiger partial charge is 0.237 e. The number of fused-ring (bicyclic) bond motifs is 1. The number of thiazole rings is 1. The number of hydrogen-bond acceptors (Lipinski definition) is 4. The Morgan fingerprint density at radius 2 is 2.25 bits per heavy atom. The summed E-state index contributed by atoms with van der Waals surface area (Å²) in [6.45, 7) is 3.23. The minimum atomic E-state index is -0.147. The Morgan fingerprint density at radius 3 is 3.00 bits per heavy atom. The van der Waals surface area contributed by atoms with Crippen LogP contribution in [0.3, 0.4) is 0 Å². The summed E-state index contributed by atoms with van der Waals surface area (Å²) in [5, 5.41) is 9.19. The van der Waals surface area contributed by atoms with Crippen molar-refractivity contribution in [3.63, 3.8) is 0 Å². The molecule has 0 bridgehead atoms. The number of carbonyl (C=O) groups excluding carboxylic acids is 1. The van der Waals surface area contributed by atoms with Crippen LogP contribution in [0.15, 0.2) is 29.6 Å². The van der Waals surface area contributed by atoms with Crippen LogP contribution in [-0.2, 0) is 24.3 Å². The Kier molecular flexibility index (Phi) is 3.80. The third kappa shape index (κ3) is 2.89. The molecule has 2 heterocycles. The van der Waals surface area contributed by atoms with E-state index in [1.807, 2.05) is 24.4 Å². The molecule has 1 atom stereocenters. The second kappa shape index (κ2) is 5.73. The van der Waals surface area contributed by atoms with Crippen molar-refractivity contribution in [2.45, 2.75) is 32.5 Å². The highest BCUT2D eigenvalue weighted by molar-refractivity contribution is 7.09. The maximum absolute atomic E-state index is 12.2. The molecule has 2 N–H and O–H groups in total. The van der Waals surface area contributed by atoms with Crippen molar-refractivity contribution in [3.05, 3.63) is 51.5 Å². The van der Waals surface area contributed by atoms with Crippen LogP contribution >= 0.6 is 11.3 Å². The lowest BCUT2D eigenvalue weighted by Gasteiger charge is -2.25. The molecule has 1 amide bonds. The van der Waals surface area contributed by atoms with Gasteiger partial charge in [-0.1, -0.05) is 24.3 Å². The first-order chi connectivity index (χ1) is 9.72. The molecule has 1 aliphatic rings. The van der Waals surface area contributed by atoms with Crippen LogP contribution in [0.5, 0.6) is 0 Å². The molecular weight excluding hydrogens is 270 g/mol. The molecule has 0 saturated heterocycles. The van der Waals surface area contributed by atoms with Gasteiger partial charge in [-0.15, -0.1) is 11.3 Å². The lowest BCUT2D eigenvalue weighted by molar-refractivity contribution is -0.123. The minimum Gasteiger partial charge on any atom is -0.348 e. The van der Waals surface area contributed by atoms with E-state index in [4.69, 9.17) is 0 Å². The summed E-state index contributed by atoms with van der Waals surface area (Å²) < 4.78 is 0. The molecule has 3 rings (SSSR count). The minimum absolute atomic E-state index is 0.0485. The average Bonchev–Trinajstić information content (AvgIpc) is 2.90. The Balaban J connectivity index is 1.59. The summed E-state index contributed by atoms with van der Waals surface area (Å²) in [7, 11) is 0. The van der Waals surface area contributed by atoms with Gasteiger partial charge < -0.3 is 10.6 Å². The first-order valence-electron chi connectivity index (χ1n) is 6.71. The van der Waals surface area contributed by atoms with Gasteiger partial charge in [-0.05, 0) is 24.5 Å².